The summed E-state index contributed by atoms with van der Waals surface area (Å²) in [6, 6.07) is 6.78. The monoisotopic (exact) mass is 413 g/mol. The number of rotatable bonds is 8. The second kappa shape index (κ2) is 8.42. The van der Waals surface area contributed by atoms with E-state index in [2.05, 4.69) is 5.32 Å². The van der Waals surface area contributed by atoms with Crippen molar-refractivity contribution >= 4 is 17.7 Å². The molecular weight excluding hydrogens is 385 g/mol. The van der Waals surface area contributed by atoms with E-state index < -0.39 is 23.3 Å². The van der Waals surface area contributed by atoms with E-state index in [0.29, 0.717) is 24.0 Å². The Bertz CT molecular complexity index is 980. The highest BCUT2D eigenvalue weighted by molar-refractivity contribution is 6.11. The van der Waals surface area contributed by atoms with Crippen molar-refractivity contribution in [3.63, 3.8) is 0 Å². The topological polar surface area (TPSA) is 71.4 Å². The molecule has 1 aromatic heterocycles. The van der Waals surface area contributed by atoms with E-state index in [-0.39, 0.29) is 12.3 Å². The molecule has 1 aliphatic heterocycles. The van der Waals surface area contributed by atoms with Gasteiger partial charge >= 0.3 is 6.03 Å². The van der Waals surface area contributed by atoms with Gasteiger partial charge in [-0.25, -0.2) is 9.18 Å². The normalized spacial score (nSPS) is 18.8. The number of carbonyl (C=O) groups is 3. The van der Waals surface area contributed by atoms with Crippen LogP contribution in [0.5, 0.6) is 0 Å². The van der Waals surface area contributed by atoms with E-state index >= 15 is 0 Å². The first-order valence-electron chi connectivity index (χ1n) is 10.3. The fourth-order valence-corrected chi connectivity index (χ4v) is 4.25. The first kappa shape index (κ1) is 21.7. The summed E-state index contributed by atoms with van der Waals surface area (Å²) in [6.45, 7) is 8.18. The number of carbonyl (C=O) groups excluding carboxylic acids is 3. The number of nitrogens with zero attached hydrogens (tertiary/aromatic N) is 2. The number of aromatic nitrogens is 1. The molecule has 1 unspecified atom stereocenters. The number of hydrogen-bond acceptors (Lipinski definition) is 3. The van der Waals surface area contributed by atoms with Crippen molar-refractivity contribution in [2.45, 2.75) is 59.0 Å². The number of ketones is 1. The zero-order valence-electron chi connectivity index (χ0n) is 17.9. The van der Waals surface area contributed by atoms with Gasteiger partial charge in [0, 0.05) is 23.5 Å². The SMILES string of the molecule is CCCCC1(c2ccc(F)cc2)NC(=O)N(CC(=O)c2cc(C)n(CC)c2C)C1=O. The van der Waals surface area contributed by atoms with Crippen molar-refractivity contribution in [1.82, 2.24) is 14.8 Å². The number of hydrogen-bond donors (Lipinski definition) is 1. The highest BCUT2D eigenvalue weighted by Gasteiger charge is 2.52. The van der Waals surface area contributed by atoms with Crippen LogP contribution in [-0.2, 0) is 16.9 Å². The van der Waals surface area contributed by atoms with E-state index in [1.165, 1.54) is 24.3 Å². The number of halogens is 1. The van der Waals surface area contributed by atoms with Crippen LogP contribution in [-0.4, -0.2) is 33.7 Å². The Balaban J connectivity index is 1.91. The lowest BCUT2D eigenvalue weighted by molar-refractivity contribution is -0.131. The maximum Gasteiger partial charge on any atom is 0.325 e. The van der Waals surface area contributed by atoms with Gasteiger partial charge in [-0.15, -0.1) is 0 Å². The molecule has 0 spiro atoms. The molecule has 30 heavy (non-hydrogen) atoms. The summed E-state index contributed by atoms with van der Waals surface area (Å²) < 4.78 is 15.4. The molecule has 2 aromatic rings. The molecule has 0 radical (unpaired) electrons. The van der Waals surface area contributed by atoms with Crippen LogP contribution in [0.4, 0.5) is 9.18 Å². The molecular formula is C23H28FN3O3. The number of benzene rings is 1. The largest absolute Gasteiger partial charge is 0.349 e. The van der Waals surface area contributed by atoms with Gasteiger partial charge in [0.25, 0.3) is 5.91 Å². The van der Waals surface area contributed by atoms with E-state index in [9.17, 15) is 18.8 Å². The molecule has 7 heteroatoms. The maximum absolute atomic E-state index is 13.4. The lowest BCUT2D eigenvalue weighted by atomic mass is 9.84. The molecule has 0 aliphatic carbocycles. The van der Waals surface area contributed by atoms with Gasteiger partial charge in [-0.1, -0.05) is 31.9 Å². The zero-order chi connectivity index (χ0) is 22.1. The summed E-state index contributed by atoms with van der Waals surface area (Å²) in [5, 5.41) is 2.79. The van der Waals surface area contributed by atoms with Crippen LogP contribution in [0.1, 0.15) is 60.4 Å². The smallest absolute Gasteiger partial charge is 0.325 e. The Morgan fingerprint density at radius 3 is 2.37 bits per heavy atom. The lowest BCUT2D eigenvalue weighted by Crippen LogP contribution is -2.44. The number of nitrogens with one attached hydrogen (secondary N) is 1. The summed E-state index contributed by atoms with van der Waals surface area (Å²) >= 11 is 0. The third-order valence-electron chi connectivity index (χ3n) is 5.91. The van der Waals surface area contributed by atoms with Gasteiger partial charge in [-0.2, -0.15) is 0 Å². The van der Waals surface area contributed by atoms with Crippen LogP contribution in [0.3, 0.4) is 0 Å². The van der Waals surface area contributed by atoms with Crippen molar-refractivity contribution < 1.29 is 18.8 Å². The van der Waals surface area contributed by atoms with E-state index in [1.807, 2.05) is 32.3 Å². The Hall–Kier alpha value is -2.96. The van der Waals surface area contributed by atoms with Crippen LogP contribution in [0, 0.1) is 19.7 Å². The van der Waals surface area contributed by atoms with E-state index in [4.69, 9.17) is 0 Å². The van der Waals surface area contributed by atoms with Crippen molar-refractivity contribution in [2.75, 3.05) is 6.54 Å². The van der Waals surface area contributed by atoms with Gasteiger partial charge in [0.05, 0.1) is 6.54 Å². The molecule has 1 aliphatic rings. The molecule has 0 saturated carbocycles. The predicted molar refractivity (Wildman–Crippen MR) is 112 cm³/mol. The average molecular weight is 413 g/mol. The van der Waals surface area contributed by atoms with Crippen molar-refractivity contribution in [1.29, 1.82) is 0 Å². The van der Waals surface area contributed by atoms with Gasteiger partial charge in [-0.05, 0) is 51.0 Å². The number of imide groups is 1. The number of Topliss-reactive ketones (excluding diaryl/α,β-unsaturated/α-hetero) is 1. The highest BCUT2D eigenvalue weighted by atomic mass is 19.1. The minimum atomic E-state index is -1.28. The molecule has 0 bridgehead atoms. The minimum absolute atomic E-state index is 0.281. The van der Waals surface area contributed by atoms with Crippen molar-refractivity contribution in [3.05, 3.63) is 58.7 Å². The van der Waals surface area contributed by atoms with Gasteiger partial charge in [0.1, 0.15) is 11.4 Å². The number of urea groups is 1. The summed E-state index contributed by atoms with van der Waals surface area (Å²) in [5.41, 5.74) is 1.54. The summed E-state index contributed by atoms with van der Waals surface area (Å²) in [7, 11) is 0. The Morgan fingerprint density at radius 2 is 1.80 bits per heavy atom. The van der Waals surface area contributed by atoms with Crippen LogP contribution < -0.4 is 5.32 Å². The molecule has 1 fully saturated rings. The molecule has 160 valence electrons. The Morgan fingerprint density at radius 1 is 1.13 bits per heavy atom. The fraction of sp³-hybridized carbons (Fsp3) is 0.435. The molecule has 6 nitrogen and oxygen atoms in total. The molecule has 1 saturated heterocycles. The van der Waals surface area contributed by atoms with Crippen LogP contribution in [0.25, 0.3) is 0 Å². The minimum Gasteiger partial charge on any atom is -0.349 e. The van der Waals surface area contributed by atoms with Crippen LogP contribution in [0.15, 0.2) is 30.3 Å². The van der Waals surface area contributed by atoms with Crippen molar-refractivity contribution in [2.24, 2.45) is 0 Å². The fourth-order valence-electron chi connectivity index (χ4n) is 4.25. The second-order valence-corrected chi connectivity index (χ2v) is 7.79. The first-order chi connectivity index (χ1) is 14.2. The average Bonchev–Trinajstić information content (AvgIpc) is 3.14. The number of unbranched alkanes of at least 4 members (excludes halogenated alkanes) is 1. The molecule has 3 amide bonds. The molecule has 1 atom stereocenters. The predicted octanol–water partition coefficient (Wildman–Crippen LogP) is 4.08. The van der Waals surface area contributed by atoms with Gasteiger partial charge < -0.3 is 9.88 Å². The van der Waals surface area contributed by atoms with E-state index in [0.717, 1.165) is 29.3 Å². The lowest BCUT2D eigenvalue weighted by Gasteiger charge is -2.27. The standard InChI is InChI=1S/C23H28FN3O3/c1-5-7-12-23(17-8-10-18(24)11-9-17)21(29)27(22(30)25-23)14-20(28)19-13-15(3)26(6-2)16(19)4/h8-11,13H,5-7,12,14H2,1-4H3,(H,25,30). The van der Waals surface area contributed by atoms with Crippen molar-refractivity contribution in [3.8, 4) is 0 Å². The second-order valence-electron chi connectivity index (χ2n) is 7.79. The molecule has 3 rings (SSSR count). The molecule has 1 N–H and O–H groups in total. The van der Waals surface area contributed by atoms with Gasteiger partial charge in [0.2, 0.25) is 0 Å². The number of aryl methyl sites for hydroxylation is 1. The molecule has 1 aromatic carbocycles. The van der Waals surface area contributed by atoms with Crippen LogP contribution in [0.2, 0.25) is 0 Å². The van der Waals surface area contributed by atoms with Crippen LogP contribution >= 0.6 is 0 Å². The molecule has 2 heterocycles. The third-order valence-corrected chi connectivity index (χ3v) is 5.91. The Kier molecular flexibility index (Phi) is 6.10. The zero-order valence-corrected chi connectivity index (χ0v) is 17.9. The highest BCUT2D eigenvalue weighted by Crippen LogP contribution is 2.34. The Labute approximate surface area is 176 Å². The van der Waals surface area contributed by atoms with Gasteiger partial charge in [-0.3, -0.25) is 14.5 Å². The maximum atomic E-state index is 13.4. The van der Waals surface area contributed by atoms with Gasteiger partial charge in [0.15, 0.2) is 5.78 Å². The summed E-state index contributed by atoms with van der Waals surface area (Å²) in [6.07, 6.45) is 1.91. The first-order valence-corrected chi connectivity index (χ1v) is 10.3. The third kappa shape index (κ3) is 3.64. The summed E-state index contributed by atoms with van der Waals surface area (Å²) in [4.78, 5) is 40.1. The van der Waals surface area contributed by atoms with E-state index in [1.54, 1.807) is 6.07 Å². The summed E-state index contributed by atoms with van der Waals surface area (Å²) in [5.74, 6) is -1.17. The number of amides is 3. The quantitative estimate of drug-likeness (QED) is 0.524.